The van der Waals surface area contributed by atoms with Crippen LogP contribution >= 0.6 is 0 Å². The van der Waals surface area contributed by atoms with Crippen molar-refractivity contribution in [2.75, 3.05) is 6.61 Å². The maximum absolute atomic E-state index is 10.5. The van der Waals surface area contributed by atoms with Crippen LogP contribution in [0.5, 0.6) is 0 Å². The summed E-state index contributed by atoms with van der Waals surface area (Å²) in [5.74, 6) is 0.399. The molecule has 0 spiro atoms. The standard InChI is InChI=1S/C8H12N2O2/c1-3-12-7(2)10-5-4-9-8(10)6-11/h4-7H,3H2,1-2H3. The maximum atomic E-state index is 10.5. The molecule has 1 aromatic heterocycles. The van der Waals surface area contributed by atoms with Crippen LogP contribution in [-0.4, -0.2) is 22.4 Å². The fraction of sp³-hybridized carbons (Fsp3) is 0.500. The lowest BCUT2D eigenvalue weighted by Gasteiger charge is -2.13. The Bertz CT molecular complexity index is 257. The number of aromatic nitrogens is 2. The Balaban J connectivity index is 2.78. The third kappa shape index (κ3) is 1.71. The number of hydrogen-bond donors (Lipinski definition) is 0. The molecule has 4 heteroatoms. The second-order valence-electron chi connectivity index (χ2n) is 2.37. The van der Waals surface area contributed by atoms with E-state index in [0.717, 1.165) is 6.29 Å². The van der Waals surface area contributed by atoms with Crippen molar-refractivity contribution in [2.45, 2.75) is 20.1 Å². The molecular formula is C8H12N2O2. The summed E-state index contributed by atoms with van der Waals surface area (Å²) >= 11 is 0. The van der Waals surface area contributed by atoms with E-state index in [0.29, 0.717) is 12.4 Å². The van der Waals surface area contributed by atoms with Crippen LogP contribution in [0.1, 0.15) is 30.7 Å². The van der Waals surface area contributed by atoms with E-state index in [2.05, 4.69) is 4.98 Å². The molecule has 4 nitrogen and oxygen atoms in total. The highest BCUT2D eigenvalue weighted by molar-refractivity contribution is 5.69. The van der Waals surface area contributed by atoms with Crippen LogP contribution in [0.25, 0.3) is 0 Å². The molecule has 1 atom stereocenters. The quantitative estimate of drug-likeness (QED) is 0.635. The van der Waals surface area contributed by atoms with Crippen LogP contribution in [-0.2, 0) is 4.74 Å². The Morgan fingerprint density at radius 2 is 2.58 bits per heavy atom. The lowest BCUT2D eigenvalue weighted by molar-refractivity contribution is 0.0233. The van der Waals surface area contributed by atoms with E-state index in [1.165, 1.54) is 0 Å². The zero-order valence-corrected chi connectivity index (χ0v) is 7.23. The molecular weight excluding hydrogens is 156 g/mol. The summed E-state index contributed by atoms with van der Waals surface area (Å²) in [6, 6.07) is 0. The minimum Gasteiger partial charge on any atom is -0.359 e. The van der Waals surface area contributed by atoms with Crippen LogP contribution in [0, 0.1) is 0 Å². The first-order valence-electron chi connectivity index (χ1n) is 3.89. The molecule has 0 amide bonds. The number of carbonyl (C=O) groups excluding carboxylic acids is 1. The van der Waals surface area contributed by atoms with Gasteiger partial charge in [-0.05, 0) is 13.8 Å². The number of aldehydes is 1. The molecule has 1 heterocycles. The lowest BCUT2D eigenvalue weighted by atomic mass is 10.5. The largest absolute Gasteiger partial charge is 0.359 e. The predicted octanol–water partition coefficient (Wildman–Crippen LogP) is 1.25. The topological polar surface area (TPSA) is 44.1 Å². The first kappa shape index (κ1) is 8.93. The molecule has 0 N–H and O–H groups in total. The van der Waals surface area contributed by atoms with E-state index in [1.54, 1.807) is 17.0 Å². The molecule has 0 aromatic carbocycles. The summed E-state index contributed by atoms with van der Waals surface area (Å²) < 4.78 is 6.98. The van der Waals surface area contributed by atoms with Crippen molar-refractivity contribution in [2.24, 2.45) is 0 Å². The predicted molar refractivity (Wildman–Crippen MR) is 44.0 cm³/mol. The van der Waals surface area contributed by atoms with E-state index in [9.17, 15) is 4.79 Å². The molecule has 0 aliphatic rings. The number of imidazole rings is 1. The van der Waals surface area contributed by atoms with Crippen molar-refractivity contribution in [3.05, 3.63) is 18.2 Å². The number of rotatable bonds is 4. The Morgan fingerprint density at radius 1 is 1.83 bits per heavy atom. The van der Waals surface area contributed by atoms with Crippen molar-refractivity contribution in [3.8, 4) is 0 Å². The highest BCUT2D eigenvalue weighted by atomic mass is 16.5. The first-order chi connectivity index (χ1) is 5.79. The fourth-order valence-electron chi connectivity index (χ4n) is 1.04. The van der Waals surface area contributed by atoms with Crippen molar-refractivity contribution < 1.29 is 9.53 Å². The van der Waals surface area contributed by atoms with Crippen molar-refractivity contribution in [1.29, 1.82) is 0 Å². The second kappa shape index (κ2) is 4.01. The highest BCUT2D eigenvalue weighted by Gasteiger charge is 2.07. The minimum atomic E-state index is -0.127. The summed E-state index contributed by atoms with van der Waals surface area (Å²) in [5.41, 5.74) is 0. The summed E-state index contributed by atoms with van der Waals surface area (Å²) in [6.07, 6.45) is 3.90. The van der Waals surface area contributed by atoms with E-state index in [1.807, 2.05) is 13.8 Å². The van der Waals surface area contributed by atoms with Gasteiger partial charge in [-0.3, -0.25) is 4.79 Å². The zero-order chi connectivity index (χ0) is 8.97. The van der Waals surface area contributed by atoms with Crippen molar-refractivity contribution in [3.63, 3.8) is 0 Å². The third-order valence-electron chi connectivity index (χ3n) is 1.60. The van der Waals surface area contributed by atoms with Gasteiger partial charge in [-0.2, -0.15) is 0 Å². The monoisotopic (exact) mass is 168 g/mol. The van der Waals surface area contributed by atoms with Gasteiger partial charge in [0.25, 0.3) is 0 Å². The van der Waals surface area contributed by atoms with E-state index >= 15 is 0 Å². The van der Waals surface area contributed by atoms with Crippen LogP contribution in [0.3, 0.4) is 0 Å². The summed E-state index contributed by atoms with van der Waals surface area (Å²) in [6.45, 7) is 4.41. The van der Waals surface area contributed by atoms with Crippen molar-refractivity contribution in [1.82, 2.24) is 9.55 Å². The number of ether oxygens (including phenoxy) is 1. The van der Waals surface area contributed by atoms with Crippen LogP contribution in [0.2, 0.25) is 0 Å². The van der Waals surface area contributed by atoms with E-state index in [-0.39, 0.29) is 6.23 Å². The summed E-state index contributed by atoms with van der Waals surface area (Å²) in [7, 11) is 0. The Kier molecular flexibility index (Phi) is 2.99. The molecule has 0 saturated heterocycles. The number of nitrogens with zero attached hydrogens (tertiary/aromatic N) is 2. The van der Waals surface area contributed by atoms with Crippen molar-refractivity contribution >= 4 is 6.29 Å². The first-order valence-corrected chi connectivity index (χ1v) is 3.89. The molecule has 0 aliphatic carbocycles. The SMILES string of the molecule is CCOC(C)n1ccnc1C=O. The van der Waals surface area contributed by atoms with Gasteiger partial charge in [-0.25, -0.2) is 4.98 Å². The Labute approximate surface area is 71.2 Å². The van der Waals surface area contributed by atoms with Gasteiger partial charge in [0.05, 0.1) is 0 Å². The van der Waals surface area contributed by atoms with Gasteiger partial charge in [0, 0.05) is 19.0 Å². The van der Waals surface area contributed by atoms with Gasteiger partial charge in [-0.15, -0.1) is 0 Å². The number of carbonyl (C=O) groups is 1. The van der Waals surface area contributed by atoms with Gasteiger partial charge in [0.15, 0.2) is 12.1 Å². The molecule has 0 radical (unpaired) electrons. The van der Waals surface area contributed by atoms with E-state index in [4.69, 9.17) is 4.74 Å². The summed E-state index contributed by atoms with van der Waals surface area (Å²) in [5, 5.41) is 0. The molecule has 0 bridgehead atoms. The molecule has 12 heavy (non-hydrogen) atoms. The average molecular weight is 168 g/mol. The Hall–Kier alpha value is -1.16. The lowest BCUT2D eigenvalue weighted by Crippen LogP contribution is -2.11. The minimum absolute atomic E-state index is 0.127. The molecule has 0 saturated carbocycles. The zero-order valence-electron chi connectivity index (χ0n) is 7.23. The molecule has 1 rings (SSSR count). The molecule has 66 valence electrons. The van der Waals surface area contributed by atoms with Crippen LogP contribution in [0.4, 0.5) is 0 Å². The number of hydrogen-bond acceptors (Lipinski definition) is 3. The van der Waals surface area contributed by atoms with E-state index < -0.39 is 0 Å². The molecule has 0 aliphatic heterocycles. The van der Waals surface area contributed by atoms with Gasteiger partial charge < -0.3 is 9.30 Å². The molecule has 1 unspecified atom stereocenters. The summed E-state index contributed by atoms with van der Waals surface area (Å²) in [4.78, 5) is 14.3. The maximum Gasteiger partial charge on any atom is 0.185 e. The van der Waals surface area contributed by atoms with Gasteiger partial charge in [0.2, 0.25) is 0 Å². The second-order valence-corrected chi connectivity index (χ2v) is 2.37. The fourth-order valence-corrected chi connectivity index (χ4v) is 1.04. The smallest absolute Gasteiger partial charge is 0.185 e. The van der Waals surface area contributed by atoms with Crippen LogP contribution in [0.15, 0.2) is 12.4 Å². The normalized spacial score (nSPS) is 12.8. The third-order valence-corrected chi connectivity index (χ3v) is 1.60. The molecule has 0 fully saturated rings. The Morgan fingerprint density at radius 3 is 3.17 bits per heavy atom. The van der Waals surface area contributed by atoms with Gasteiger partial charge >= 0.3 is 0 Å². The average Bonchev–Trinajstić information content (AvgIpc) is 2.51. The van der Waals surface area contributed by atoms with Gasteiger partial charge in [-0.1, -0.05) is 0 Å². The van der Waals surface area contributed by atoms with Crippen LogP contribution < -0.4 is 0 Å². The molecule has 1 aromatic rings. The van der Waals surface area contributed by atoms with Gasteiger partial charge in [0.1, 0.15) is 6.23 Å². The highest BCUT2D eigenvalue weighted by Crippen LogP contribution is 2.08.